The molecule has 2 saturated heterocycles. The van der Waals surface area contributed by atoms with E-state index >= 15 is 0 Å². The number of aryl methyl sites for hydroxylation is 2. The Morgan fingerprint density at radius 2 is 1.04 bits per heavy atom. The van der Waals surface area contributed by atoms with E-state index in [1.165, 1.54) is 14.2 Å². The molecule has 2 fully saturated rings. The SMILES string of the molecule is COC(=O)C1NCC(NC(=O)OCC#CCOC(=O)NC2CNC(C(=O)OC)C2C(=O)CCc2cccc(CN)c2)C1C(=O)CCc1cccc(CN)c1.Cl.Cl. The number of hydrogen-bond acceptors (Lipinski definition) is 14. The lowest BCUT2D eigenvalue weighted by molar-refractivity contribution is -0.146. The Morgan fingerprint density at radius 3 is 1.39 bits per heavy atom. The van der Waals surface area contributed by atoms with Crippen molar-refractivity contribution in [2.45, 2.75) is 62.9 Å². The smallest absolute Gasteiger partial charge is 0.408 e. The van der Waals surface area contributed by atoms with Gasteiger partial charge < -0.3 is 51.7 Å². The predicted molar refractivity (Wildman–Crippen MR) is 209 cm³/mol. The summed E-state index contributed by atoms with van der Waals surface area (Å²) >= 11 is 0. The highest BCUT2D eigenvalue weighted by atomic mass is 35.5. The van der Waals surface area contributed by atoms with Crippen LogP contribution < -0.4 is 32.7 Å². The Bertz CT molecular complexity index is 1620. The number of rotatable bonds is 16. The van der Waals surface area contributed by atoms with E-state index in [1.807, 2.05) is 48.5 Å². The first-order chi connectivity index (χ1) is 26.1. The second-order valence-corrected chi connectivity index (χ2v) is 12.9. The largest absolute Gasteiger partial charge is 0.468 e. The van der Waals surface area contributed by atoms with Crippen molar-refractivity contribution in [3.05, 3.63) is 70.8 Å². The van der Waals surface area contributed by atoms with Gasteiger partial charge in [0.1, 0.15) is 23.7 Å². The zero-order chi connectivity index (χ0) is 39.0. The number of carbonyl (C=O) groups is 6. The zero-order valence-electron chi connectivity index (χ0n) is 31.2. The lowest BCUT2D eigenvalue weighted by atomic mass is 9.88. The monoisotopic (exact) mass is 820 g/mol. The first-order valence-electron chi connectivity index (χ1n) is 17.6. The van der Waals surface area contributed by atoms with Crippen molar-refractivity contribution in [1.29, 1.82) is 0 Å². The van der Waals surface area contributed by atoms with Crippen molar-refractivity contribution in [2.75, 3.05) is 40.5 Å². The third kappa shape index (κ3) is 13.5. The molecule has 6 unspecified atom stereocenters. The maximum Gasteiger partial charge on any atom is 0.408 e. The van der Waals surface area contributed by atoms with Crippen LogP contribution in [0.25, 0.3) is 0 Å². The van der Waals surface area contributed by atoms with Crippen LogP contribution in [-0.2, 0) is 64.1 Å². The number of ether oxygens (including phenoxy) is 4. The number of amides is 2. The first kappa shape index (κ1) is 47.4. The second-order valence-electron chi connectivity index (χ2n) is 12.9. The zero-order valence-corrected chi connectivity index (χ0v) is 32.8. The minimum Gasteiger partial charge on any atom is -0.468 e. The van der Waals surface area contributed by atoms with Gasteiger partial charge in [-0.1, -0.05) is 60.4 Å². The molecule has 18 heteroatoms. The van der Waals surface area contributed by atoms with Crippen LogP contribution in [0.15, 0.2) is 48.5 Å². The highest BCUT2D eigenvalue weighted by Gasteiger charge is 2.46. The van der Waals surface area contributed by atoms with Crippen LogP contribution >= 0.6 is 24.8 Å². The van der Waals surface area contributed by atoms with Gasteiger partial charge in [-0.25, -0.2) is 9.59 Å². The van der Waals surface area contributed by atoms with Gasteiger partial charge >= 0.3 is 24.1 Å². The van der Waals surface area contributed by atoms with Gasteiger partial charge in [0.25, 0.3) is 0 Å². The van der Waals surface area contributed by atoms with E-state index in [-0.39, 0.29) is 75.5 Å². The van der Waals surface area contributed by atoms with E-state index in [4.69, 9.17) is 30.4 Å². The summed E-state index contributed by atoms with van der Waals surface area (Å²) in [5.41, 5.74) is 15.2. The van der Waals surface area contributed by atoms with E-state index in [2.05, 4.69) is 33.1 Å². The van der Waals surface area contributed by atoms with Crippen molar-refractivity contribution in [1.82, 2.24) is 21.3 Å². The Hall–Kier alpha value is -4.76. The van der Waals surface area contributed by atoms with Crippen LogP contribution in [0.4, 0.5) is 9.59 Å². The van der Waals surface area contributed by atoms with Gasteiger partial charge in [0, 0.05) is 39.0 Å². The maximum absolute atomic E-state index is 13.3. The van der Waals surface area contributed by atoms with Crippen LogP contribution in [0.2, 0.25) is 0 Å². The molecule has 6 atom stereocenters. The molecule has 56 heavy (non-hydrogen) atoms. The van der Waals surface area contributed by atoms with Crippen molar-refractivity contribution in [3.8, 4) is 11.8 Å². The van der Waals surface area contributed by atoms with Gasteiger partial charge in [-0.3, -0.25) is 19.2 Å². The Balaban J connectivity index is 0.00000541. The third-order valence-corrected chi connectivity index (χ3v) is 9.41. The molecular formula is C38H50Cl2N6O10. The number of nitrogens with two attached hydrogens (primary N) is 2. The van der Waals surface area contributed by atoms with Gasteiger partial charge in [-0.05, 0) is 35.1 Å². The fraction of sp³-hybridized carbons (Fsp3) is 0.474. The van der Waals surface area contributed by atoms with Gasteiger partial charge in [0.15, 0.2) is 13.2 Å². The van der Waals surface area contributed by atoms with E-state index in [0.717, 1.165) is 22.3 Å². The van der Waals surface area contributed by atoms with Crippen LogP contribution in [0.3, 0.4) is 0 Å². The first-order valence-corrected chi connectivity index (χ1v) is 17.6. The summed E-state index contributed by atoms with van der Waals surface area (Å²) < 4.78 is 20.0. The third-order valence-electron chi connectivity index (χ3n) is 9.41. The highest BCUT2D eigenvalue weighted by Crippen LogP contribution is 2.23. The van der Waals surface area contributed by atoms with E-state index in [0.29, 0.717) is 25.9 Å². The molecule has 306 valence electrons. The summed E-state index contributed by atoms with van der Waals surface area (Å²) in [6, 6.07) is 11.8. The van der Waals surface area contributed by atoms with Crippen LogP contribution in [0, 0.1) is 23.7 Å². The van der Waals surface area contributed by atoms with Crippen LogP contribution in [0.5, 0.6) is 0 Å². The summed E-state index contributed by atoms with van der Waals surface area (Å²) in [7, 11) is 2.45. The number of Topliss-reactive ketones (excluding diaryl/α,β-unsaturated/α-hetero) is 2. The lowest BCUT2D eigenvalue weighted by Crippen LogP contribution is -2.47. The molecule has 2 aromatic rings. The number of ketones is 2. The van der Waals surface area contributed by atoms with Crippen molar-refractivity contribution in [2.24, 2.45) is 23.3 Å². The topological polar surface area (TPSA) is 240 Å². The molecule has 0 aliphatic carbocycles. The summed E-state index contributed by atoms with van der Waals surface area (Å²) in [5, 5.41) is 11.2. The number of nitrogens with one attached hydrogen (secondary N) is 4. The number of hydrogen-bond donors (Lipinski definition) is 6. The predicted octanol–water partition coefficient (Wildman–Crippen LogP) is 0.866. The maximum atomic E-state index is 13.3. The fourth-order valence-electron chi connectivity index (χ4n) is 6.68. The van der Waals surface area contributed by atoms with E-state index < -0.39 is 60.1 Å². The number of halogens is 2. The van der Waals surface area contributed by atoms with Gasteiger partial charge in [-0.2, -0.15) is 0 Å². The van der Waals surface area contributed by atoms with Crippen LogP contribution in [0.1, 0.15) is 35.1 Å². The summed E-state index contributed by atoms with van der Waals surface area (Å²) in [6.45, 7) is 0.296. The molecule has 0 bridgehead atoms. The molecule has 0 spiro atoms. The highest BCUT2D eigenvalue weighted by molar-refractivity contribution is 5.91. The molecule has 2 aliphatic rings. The van der Waals surface area contributed by atoms with Gasteiger partial charge in [-0.15, -0.1) is 24.8 Å². The number of benzene rings is 2. The van der Waals surface area contributed by atoms with E-state index in [1.54, 1.807) is 0 Å². The number of carbonyl (C=O) groups excluding carboxylic acids is 6. The molecule has 16 nitrogen and oxygen atoms in total. The molecule has 0 aromatic heterocycles. The van der Waals surface area contributed by atoms with Crippen molar-refractivity contribution >= 4 is 60.5 Å². The number of methoxy groups -OCH3 is 2. The van der Waals surface area contributed by atoms with Crippen LogP contribution in [-0.4, -0.2) is 100 Å². The summed E-state index contributed by atoms with van der Waals surface area (Å²) in [4.78, 5) is 76.7. The second kappa shape index (κ2) is 24.0. The average molecular weight is 822 g/mol. The van der Waals surface area contributed by atoms with E-state index in [9.17, 15) is 28.8 Å². The molecular weight excluding hydrogens is 771 g/mol. The number of esters is 2. The molecule has 2 aromatic carbocycles. The number of alkyl carbamates (subject to hydrolysis) is 2. The molecule has 0 saturated carbocycles. The molecule has 4 rings (SSSR count). The minimum absolute atomic E-state index is 0. The Kier molecular flexibility index (Phi) is 20.3. The molecule has 2 aliphatic heterocycles. The lowest BCUT2D eigenvalue weighted by Gasteiger charge is -2.22. The quantitative estimate of drug-likeness (QED) is 0.0783. The van der Waals surface area contributed by atoms with Gasteiger partial charge in [0.2, 0.25) is 0 Å². The Labute approximate surface area is 338 Å². The fourth-order valence-corrected chi connectivity index (χ4v) is 6.68. The van der Waals surface area contributed by atoms with Gasteiger partial charge in [0.05, 0.1) is 38.1 Å². The standard InChI is InChI=1S/C38H48N6O10.2ClH/c1-51-35(47)33-31(29(45)13-11-23-7-5-9-25(17-23)19-39)27(21-41-33)43-37(49)53-15-3-4-16-54-38(50)44-28-22-42-34(36(48)52-2)32(28)30(46)14-12-24-8-6-10-26(18-24)20-40;;/h5-10,17-18,27-28,31-34,41-42H,11-16,19-22,39-40H2,1-2H3,(H,43,49)(H,44,50);2*1H. The molecule has 0 radical (unpaired) electrons. The Morgan fingerprint density at radius 1 is 0.661 bits per heavy atom. The van der Waals surface area contributed by atoms with Crippen molar-refractivity contribution < 1.29 is 47.7 Å². The normalized spacial score (nSPS) is 20.8. The van der Waals surface area contributed by atoms with Crippen molar-refractivity contribution in [3.63, 3.8) is 0 Å². The average Bonchev–Trinajstić information content (AvgIpc) is 3.81. The molecule has 2 amide bonds. The summed E-state index contributed by atoms with van der Waals surface area (Å²) in [5.74, 6) is 1.66. The molecule has 8 N–H and O–H groups in total. The molecule has 2 heterocycles. The summed E-state index contributed by atoms with van der Waals surface area (Å²) in [6.07, 6.45) is -0.592. The minimum atomic E-state index is -0.940.